The lowest BCUT2D eigenvalue weighted by molar-refractivity contribution is 0.0890. The molecule has 0 spiro atoms. The minimum atomic E-state index is 0.00821. The number of Topliss-reactive ketones (excluding diaryl/α,β-unsaturated/α-hetero) is 1. The van der Waals surface area contributed by atoms with E-state index in [1.807, 2.05) is 43.1 Å². The summed E-state index contributed by atoms with van der Waals surface area (Å²) < 4.78 is 0. The van der Waals surface area contributed by atoms with Crippen molar-refractivity contribution in [1.82, 2.24) is 4.90 Å². The van der Waals surface area contributed by atoms with E-state index in [4.69, 9.17) is 5.11 Å². The molecule has 94 valence electrons. The minimum Gasteiger partial charge on any atom is -0.395 e. The molecule has 0 amide bonds. The molecule has 0 saturated carbocycles. The number of carbonyl (C=O) groups excluding carboxylic acids is 1. The quantitative estimate of drug-likeness (QED) is 0.764. The molecule has 3 heteroatoms. The molecule has 0 aliphatic carbocycles. The Hall–Kier alpha value is -1.19. The Morgan fingerprint density at radius 2 is 1.94 bits per heavy atom. The molecular weight excluding hydrogens is 214 g/mol. The Balaban J connectivity index is 2.63. The van der Waals surface area contributed by atoms with Gasteiger partial charge in [-0.3, -0.25) is 9.69 Å². The molecule has 0 fully saturated rings. The molecule has 1 aromatic rings. The summed E-state index contributed by atoms with van der Waals surface area (Å²) in [6.07, 6.45) is 0.982. The van der Waals surface area contributed by atoms with E-state index in [-0.39, 0.29) is 18.4 Å². The number of carbonyl (C=O) groups is 1. The van der Waals surface area contributed by atoms with Gasteiger partial charge in [-0.05, 0) is 26.0 Å². The van der Waals surface area contributed by atoms with E-state index < -0.39 is 0 Å². The Morgan fingerprint density at radius 1 is 1.35 bits per heavy atom. The van der Waals surface area contributed by atoms with Crippen molar-refractivity contribution in [3.63, 3.8) is 0 Å². The first kappa shape index (κ1) is 13.9. The molecular formula is C14H21NO2. The lowest BCUT2D eigenvalue weighted by Crippen LogP contribution is -2.36. The summed E-state index contributed by atoms with van der Waals surface area (Å²) >= 11 is 0. The number of nitrogens with zero attached hydrogens (tertiary/aromatic N) is 1. The van der Waals surface area contributed by atoms with E-state index >= 15 is 0 Å². The van der Waals surface area contributed by atoms with Crippen molar-refractivity contribution in [2.75, 3.05) is 20.2 Å². The van der Waals surface area contributed by atoms with Crippen LogP contribution >= 0.6 is 0 Å². The van der Waals surface area contributed by atoms with Gasteiger partial charge in [0.25, 0.3) is 0 Å². The number of aryl methyl sites for hydroxylation is 1. The third-order valence-corrected chi connectivity index (χ3v) is 3.09. The Kier molecular flexibility index (Phi) is 5.32. The van der Waals surface area contributed by atoms with Gasteiger partial charge in [0, 0.05) is 11.6 Å². The lowest BCUT2D eigenvalue weighted by Gasteiger charge is -2.21. The fraction of sp³-hybridized carbons (Fsp3) is 0.500. The van der Waals surface area contributed by atoms with Crippen molar-refractivity contribution in [2.24, 2.45) is 0 Å². The number of likely N-dealkylation sites (N-methyl/N-ethyl adjacent to an activating group) is 1. The van der Waals surface area contributed by atoms with Gasteiger partial charge in [0.15, 0.2) is 5.78 Å². The number of benzene rings is 1. The largest absolute Gasteiger partial charge is 0.395 e. The average Bonchev–Trinajstić information content (AvgIpc) is 2.37. The van der Waals surface area contributed by atoms with E-state index in [0.717, 1.165) is 12.0 Å². The topological polar surface area (TPSA) is 40.5 Å². The molecule has 1 rings (SSSR count). The van der Waals surface area contributed by atoms with Crippen LogP contribution in [0.5, 0.6) is 0 Å². The first-order valence-electron chi connectivity index (χ1n) is 6.01. The Labute approximate surface area is 103 Å². The zero-order valence-corrected chi connectivity index (χ0v) is 10.8. The van der Waals surface area contributed by atoms with Crippen molar-refractivity contribution >= 4 is 5.78 Å². The molecule has 0 bridgehead atoms. The van der Waals surface area contributed by atoms with Crippen LogP contribution in [0.4, 0.5) is 0 Å². The maximum absolute atomic E-state index is 12.0. The van der Waals surface area contributed by atoms with Gasteiger partial charge in [0.2, 0.25) is 0 Å². The van der Waals surface area contributed by atoms with Crippen molar-refractivity contribution in [3.8, 4) is 0 Å². The average molecular weight is 235 g/mol. The minimum absolute atomic E-state index is 0.00821. The molecule has 17 heavy (non-hydrogen) atoms. The van der Waals surface area contributed by atoms with Crippen molar-refractivity contribution in [1.29, 1.82) is 0 Å². The number of aliphatic hydroxyl groups is 1. The molecule has 1 aromatic carbocycles. The van der Waals surface area contributed by atoms with Crippen molar-refractivity contribution < 1.29 is 9.90 Å². The molecule has 0 saturated heterocycles. The summed E-state index contributed by atoms with van der Waals surface area (Å²) in [5.41, 5.74) is 1.97. The van der Waals surface area contributed by atoms with Gasteiger partial charge >= 0.3 is 0 Å². The van der Waals surface area contributed by atoms with Crippen LogP contribution in [0.15, 0.2) is 24.3 Å². The fourth-order valence-corrected chi connectivity index (χ4v) is 1.54. The predicted molar refractivity (Wildman–Crippen MR) is 69.3 cm³/mol. The molecule has 0 heterocycles. The zero-order chi connectivity index (χ0) is 12.8. The highest BCUT2D eigenvalue weighted by Crippen LogP contribution is 2.07. The lowest BCUT2D eigenvalue weighted by atomic mass is 10.1. The van der Waals surface area contributed by atoms with Crippen LogP contribution in [-0.2, 0) is 6.42 Å². The van der Waals surface area contributed by atoms with Gasteiger partial charge in [0.1, 0.15) is 0 Å². The smallest absolute Gasteiger partial charge is 0.176 e. The van der Waals surface area contributed by atoms with Crippen molar-refractivity contribution in [3.05, 3.63) is 35.4 Å². The molecule has 3 nitrogen and oxygen atoms in total. The summed E-state index contributed by atoms with van der Waals surface area (Å²) in [6, 6.07) is 7.73. The second-order valence-corrected chi connectivity index (χ2v) is 4.42. The van der Waals surface area contributed by atoms with Gasteiger partial charge in [-0.2, -0.15) is 0 Å². The molecule has 1 atom stereocenters. The van der Waals surface area contributed by atoms with Gasteiger partial charge in [-0.1, -0.05) is 31.2 Å². The number of aliphatic hydroxyl groups excluding tert-OH is 1. The molecule has 1 unspecified atom stereocenters. The molecule has 1 N–H and O–H groups in total. The first-order valence-corrected chi connectivity index (χ1v) is 6.01. The summed E-state index contributed by atoms with van der Waals surface area (Å²) in [6.45, 7) is 4.40. The predicted octanol–water partition coefficient (Wildman–Crippen LogP) is 1.74. The highest BCUT2D eigenvalue weighted by molar-refractivity contribution is 5.97. The monoisotopic (exact) mass is 235 g/mol. The maximum atomic E-state index is 12.0. The van der Waals surface area contributed by atoms with E-state index in [1.165, 1.54) is 5.56 Å². The van der Waals surface area contributed by atoms with E-state index in [0.29, 0.717) is 6.54 Å². The summed E-state index contributed by atoms with van der Waals surface area (Å²) in [5, 5.41) is 9.00. The van der Waals surface area contributed by atoms with E-state index in [1.54, 1.807) is 0 Å². The second-order valence-electron chi connectivity index (χ2n) is 4.42. The zero-order valence-electron chi connectivity index (χ0n) is 10.8. The molecule has 0 aromatic heterocycles. The normalized spacial score (nSPS) is 12.8. The van der Waals surface area contributed by atoms with Crippen molar-refractivity contribution in [2.45, 2.75) is 26.3 Å². The van der Waals surface area contributed by atoms with Crippen LogP contribution in [0.3, 0.4) is 0 Å². The highest BCUT2D eigenvalue weighted by Gasteiger charge is 2.13. The number of ketones is 1. The first-order chi connectivity index (χ1) is 8.08. The van der Waals surface area contributed by atoms with Crippen LogP contribution in [-0.4, -0.2) is 42.0 Å². The fourth-order valence-electron chi connectivity index (χ4n) is 1.54. The summed E-state index contributed by atoms with van der Waals surface area (Å²) in [4.78, 5) is 13.8. The van der Waals surface area contributed by atoms with Gasteiger partial charge in [-0.25, -0.2) is 0 Å². The van der Waals surface area contributed by atoms with Crippen LogP contribution in [0, 0.1) is 0 Å². The second kappa shape index (κ2) is 6.52. The maximum Gasteiger partial charge on any atom is 0.176 e. The Morgan fingerprint density at radius 3 is 2.41 bits per heavy atom. The van der Waals surface area contributed by atoms with Crippen LogP contribution in [0.25, 0.3) is 0 Å². The van der Waals surface area contributed by atoms with Gasteiger partial charge in [0.05, 0.1) is 13.2 Å². The van der Waals surface area contributed by atoms with Crippen LogP contribution < -0.4 is 0 Å². The third-order valence-electron chi connectivity index (χ3n) is 3.09. The molecule has 0 aliphatic rings. The molecule has 0 aliphatic heterocycles. The SMILES string of the molecule is CCc1ccc(C(=O)CN(C)C(C)CO)cc1. The summed E-state index contributed by atoms with van der Waals surface area (Å²) in [7, 11) is 1.85. The summed E-state index contributed by atoms with van der Waals surface area (Å²) in [5.74, 6) is 0.0930. The highest BCUT2D eigenvalue weighted by atomic mass is 16.3. The third kappa shape index (κ3) is 3.95. The van der Waals surface area contributed by atoms with E-state index in [9.17, 15) is 4.79 Å². The van der Waals surface area contributed by atoms with Crippen LogP contribution in [0.2, 0.25) is 0 Å². The van der Waals surface area contributed by atoms with Crippen LogP contribution in [0.1, 0.15) is 29.8 Å². The standard InChI is InChI=1S/C14H21NO2/c1-4-12-5-7-13(8-6-12)14(17)9-15(3)11(2)10-16/h5-8,11,16H,4,9-10H2,1-3H3. The number of hydrogen-bond acceptors (Lipinski definition) is 3. The number of hydrogen-bond donors (Lipinski definition) is 1. The van der Waals surface area contributed by atoms with Gasteiger partial charge in [-0.15, -0.1) is 0 Å². The number of rotatable bonds is 6. The Bertz CT molecular complexity index is 359. The van der Waals surface area contributed by atoms with E-state index in [2.05, 4.69) is 6.92 Å². The van der Waals surface area contributed by atoms with Gasteiger partial charge < -0.3 is 5.11 Å². The molecule has 0 radical (unpaired) electrons.